The number of hydrogen-bond donors (Lipinski definition) is 0. The van der Waals surface area contributed by atoms with E-state index in [9.17, 15) is 4.79 Å². The highest BCUT2D eigenvalue weighted by Crippen LogP contribution is 2.40. The largest absolute Gasteiger partial charge is 0.491 e. The third-order valence-electron chi connectivity index (χ3n) is 9.40. The second-order valence-corrected chi connectivity index (χ2v) is 13.7. The Morgan fingerprint density at radius 2 is 1.94 bits per heavy atom. The molecule has 10 nitrogen and oxygen atoms in total. The number of imidazole rings is 1. The van der Waals surface area contributed by atoms with Crippen molar-refractivity contribution in [2.24, 2.45) is 0 Å². The molecule has 1 fully saturated rings. The van der Waals surface area contributed by atoms with E-state index in [2.05, 4.69) is 39.3 Å². The maximum Gasteiger partial charge on any atom is 0.350 e. The molecule has 4 heterocycles. The smallest absolute Gasteiger partial charge is 0.350 e. The molecule has 5 aromatic rings. The van der Waals surface area contributed by atoms with Crippen LogP contribution in [-0.2, 0) is 34.8 Å². The summed E-state index contributed by atoms with van der Waals surface area (Å²) in [5.41, 5.74) is 5.10. The summed E-state index contributed by atoms with van der Waals surface area (Å²) in [6.45, 7) is 7.81. The third kappa shape index (κ3) is 7.45. The summed E-state index contributed by atoms with van der Waals surface area (Å²) in [6.07, 6.45) is 12.7. The molecule has 12 heteroatoms. The van der Waals surface area contributed by atoms with E-state index in [1.54, 1.807) is 35.6 Å². The van der Waals surface area contributed by atoms with E-state index in [4.69, 9.17) is 37.4 Å². The SMILES string of the molecule is CCC(C)n1ncn(-c2ccc(C=CCN3CCc4cc(OC[C@@H]5CO[C@@](Cn6ccnc6)(c6ccc(Cl)cc6Cl)O5)ccc4C3)cc2)c1=O. The van der Waals surface area contributed by atoms with Gasteiger partial charge in [0.15, 0.2) is 0 Å². The van der Waals surface area contributed by atoms with Gasteiger partial charge in [-0.3, -0.25) is 4.90 Å². The van der Waals surface area contributed by atoms with Crippen LogP contribution in [0.1, 0.15) is 48.6 Å². The van der Waals surface area contributed by atoms with E-state index < -0.39 is 5.79 Å². The first kappa shape index (κ1) is 34.3. The average molecular weight is 716 g/mol. The van der Waals surface area contributed by atoms with Gasteiger partial charge in [-0.05, 0) is 72.9 Å². The number of fused-ring (bicyclic) bond motifs is 1. The standard InChI is InChI=1S/C38H40Cl2N6O4/c1-3-27(2)46-37(47)45(26-42-46)32-10-6-28(7-11-32)5-4-16-43-17-14-29-19-33(12-8-30(29)21-43)48-22-34-23-49-38(50-34,24-44-18-15-41-25-44)35-13-9-31(39)20-36(35)40/h4-13,15,18-20,25-27,34H,3,14,16-17,21-24H2,1-2H3/t27?,34-,38-/m1/s1. The molecular weight excluding hydrogens is 675 g/mol. The minimum atomic E-state index is -1.09. The van der Waals surface area contributed by atoms with Crippen LogP contribution in [0.4, 0.5) is 0 Å². The summed E-state index contributed by atoms with van der Waals surface area (Å²) in [5, 5.41) is 5.31. The molecule has 0 aliphatic carbocycles. The van der Waals surface area contributed by atoms with Crippen molar-refractivity contribution in [2.45, 2.75) is 57.7 Å². The highest BCUT2D eigenvalue weighted by Gasteiger charge is 2.45. The summed E-state index contributed by atoms with van der Waals surface area (Å²) in [5.74, 6) is -0.276. The van der Waals surface area contributed by atoms with Gasteiger partial charge in [-0.25, -0.2) is 19.0 Å². The number of rotatable bonds is 12. The first-order valence-electron chi connectivity index (χ1n) is 16.9. The molecule has 50 heavy (non-hydrogen) atoms. The van der Waals surface area contributed by atoms with Crippen LogP contribution in [0.15, 0.2) is 96.6 Å². The third-order valence-corrected chi connectivity index (χ3v) is 9.95. The number of ether oxygens (including phenoxy) is 3. The lowest BCUT2D eigenvalue weighted by molar-refractivity contribution is -0.189. The topological polar surface area (TPSA) is 88.6 Å². The highest BCUT2D eigenvalue weighted by atomic mass is 35.5. The van der Waals surface area contributed by atoms with Crippen molar-refractivity contribution < 1.29 is 14.2 Å². The number of hydrogen-bond acceptors (Lipinski definition) is 7. The predicted molar refractivity (Wildman–Crippen MR) is 194 cm³/mol. The van der Waals surface area contributed by atoms with Crippen LogP contribution in [0.25, 0.3) is 11.8 Å². The summed E-state index contributed by atoms with van der Waals surface area (Å²) in [6, 6.07) is 19.7. The maximum atomic E-state index is 12.7. The summed E-state index contributed by atoms with van der Waals surface area (Å²) in [4.78, 5) is 19.3. The van der Waals surface area contributed by atoms with Crippen molar-refractivity contribution >= 4 is 29.3 Å². The van der Waals surface area contributed by atoms with Crippen LogP contribution in [0.5, 0.6) is 5.75 Å². The van der Waals surface area contributed by atoms with Gasteiger partial charge in [-0.15, -0.1) is 0 Å². The minimum absolute atomic E-state index is 0.0685. The van der Waals surface area contributed by atoms with Crippen LogP contribution >= 0.6 is 23.2 Å². The van der Waals surface area contributed by atoms with Gasteiger partial charge in [0.1, 0.15) is 24.8 Å². The van der Waals surface area contributed by atoms with Crippen LogP contribution in [0.2, 0.25) is 10.0 Å². The molecule has 1 unspecified atom stereocenters. The fraction of sp³-hybridized carbons (Fsp3) is 0.342. The Balaban J connectivity index is 0.924. The Morgan fingerprint density at radius 1 is 1.08 bits per heavy atom. The van der Waals surface area contributed by atoms with Crippen molar-refractivity contribution in [3.05, 3.63) is 135 Å². The fourth-order valence-electron chi connectivity index (χ4n) is 6.45. The molecule has 3 atom stereocenters. The van der Waals surface area contributed by atoms with Crippen LogP contribution in [0.3, 0.4) is 0 Å². The average Bonchev–Trinajstić information content (AvgIpc) is 3.88. The van der Waals surface area contributed by atoms with Crippen molar-refractivity contribution in [1.82, 2.24) is 28.8 Å². The lowest BCUT2D eigenvalue weighted by Crippen LogP contribution is -2.34. The van der Waals surface area contributed by atoms with E-state index >= 15 is 0 Å². The van der Waals surface area contributed by atoms with Gasteiger partial charge < -0.3 is 18.8 Å². The summed E-state index contributed by atoms with van der Waals surface area (Å²) >= 11 is 12.8. The first-order valence-corrected chi connectivity index (χ1v) is 17.7. The Morgan fingerprint density at radius 3 is 2.72 bits per heavy atom. The van der Waals surface area contributed by atoms with Gasteiger partial charge in [0.05, 0.1) is 36.2 Å². The molecule has 2 aliphatic heterocycles. The first-order chi connectivity index (χ1) is 24.3. The second-order valence-electron chi connectivity index (χ2n) is 12.9. The number of halogens is 2. The van der Waals surface area contributed by atoms with Crippen LogP contribution in [0, 0.1) is 0 Å². The van der Waals surface area contributed by atoms with Gasteiger partial charge in [-0.1, -0.05) is 66.5 Å². The maximum absolute atomic E-state index is 12.7. The minimum Gasteiger partial charge on any atom is -0.491 e. The fourth-order valence-corrected chi connectivity index (χ4v) is 7.00. The van der Waals surface area contributed by atoms with Gasteiger partial charge in [0, 0.05) is 42.6 Å². The van der Waals surface area contributed by atoms with Gasteiger partial charge in [0.2, 0.25) is 5.79 Å². The zero-order valence-electron chi connectivity index (χ0n) is 28.1. The van der Waals surface area contributed by atoms with E-state index in [0.29, 0.717) is 35.4 Å². The quantitative estimate of drug-likeness (QED) is 0.139. The van der Waals surface area contributed by atoms with Crippen LogP contribution in [-0.4, -0.2) is 61.2 Å². The zero-order chi connectivity index (χ0) is 34.7. The summed E-state index contributed by atoms with van der Waals surface area (Å²) < 4.78 is 24.1. The van der Waals surface area contributed by atoms with Gasteiger partial charge in [-0.2, -0.15) is 5.10 Å². The normalized spacial score (nSPS) is 20.0. The van der Waals surface area contributed by atoms with Crippen LogP contribution < -0.4 is 10.4 Å². The van der Waals surface area contributed by atoms with Crippen molar-refractivity contribution in [3.8, 4) is 11.4 Å². The molecular formula is C38H40Cl2N6O4. The molecule has 3 aromatic carbocycles. The lowest BCUT2D eigenvalue weighted by atomic mass is 9.99. The number of benzene rings is 3. The number of aromatic nitrogens is 5. The Bertz CT molecular complexity index is 2010. The Hall–Kier alpha value is -4.19. The van der Waals surface area contributed by atoms with E-state index in [0.717, 1.165) is 49.5 Å². The highest BCUT2D eigenvalue weighted by molar-refractivity contribution is 6.35. The Labute approximate surface area is 301 Å². The van der Waals surface area contributed by atoms with Crippen molar-refractivity contribution in [2.75, 3.05) is 26.3 Å². The molecule has 0 N–H and O–H groups in total. The molecule has 7 rings (SSSR count). The lowest BCUT2D eigenvalue weighted by Gasteiger charge is -2.30. The predicted octanol–water partition coefficient (Wildman–Crippen LogP) is 6.93. The Kier molecular flexibility index (Phi) is 10.3. The molecule has 1 saturated heterocycles. The van der Waals surface area contributed by atoms with E-state index in [1.807, 2.05) is 61.0 Å². The van der Waals surface area contributed by atoms with Crippen molar-refractivity contribution in [1.29, 1.82) is 0 Å². The molecule has 0 radical (unpaired) electrons. The number of nitrogens with zero attached hydrogens (tertiary/aromatic N) is 6. The zero-order valence-corrected chi connectivity index (χ0v) is 29.6. The monoisotopic (exact) mass is 714 g/mol. The molecule has 0 spiro atoms. The van der Waals surface area contributed by atoms with Gasteiger partial charge in [0.25, 0.3) is 0 Å². The molecule has 0 saturated carbocycles. The molecule has 2 aromatic heterocycles. The molecule has 260 valence electrons. The van der Waals surface area contributed by atoms with E-state index in [-0.39, 0.29) is 17.8 Å². The van der Waals surface area contributed by atoms with E-state index in [1.165, 1.54) is 15.8 Å². The van der Waals surface area contributed by atoms with Crippen molar-refractivity contribution in [3.63, 3.8) is 0 Å². The molecule has 2 aliphatic rings. The second kappa shape index (κ2) is 15.0. The molecule has 0 bridgehead atoms. The van der Waals surface area contributed by atoms with Gasteiger partial charge >= 0.3 is 5.69 Å². The summed E-state index contributed by atoms with van der Waals surface area (Å²) in [7, 11) is 0. The molecule has 0 amide bonds.